The van der Waals surface area contributed by atoms with Gasteiger partial charge < -0.3 is 5.32 Å². The highest BCUT2D eigenvalue weighted by atomic mass is 79.9. The molecule has 0 saturated heterocycles. The lowest BCUT2D eigenvalue weighted by atomic mass is 10.2. The average molecular weight is 274 g/mol. The first kappa shape index (κ1) is 11.8. The number of Topliss-reactive ketones (excluding diaryl/α,β-unsaturated/α-hetero) is 1. The molecule has 0 heterocycles. The molecule has 0 aliphatic carbocycles. The summed E-state index contributed by atoms with van der Waals surface area (Å²) in [5.41, 5.74) is -0.0781. The van der Waals surface area contributed by atoms with E-state index in [0.29, 0.717) is 0 Å². The normalized spacial score (nSPS) is 9.80. The SMILES string of the molecule is CC(=O)CNC(=O)c1cccc(Br)c1F. The summed E-state index contributed by atoms with van der Waals surface area (Å²) >= 11 is 2.97. The summed E-state index contributed by atoms with van der Waals surface area (Å²) in [5, 5.41) is 2.32. The summed E-state index contributed by atoms with van der Waals surface area (Å²) in [7, 11) is 0. The molecule has 0 aromatic heterocycles. The van der Waals surface area contributed by atoms with Gasteiger partial charge in [-0.05, 0) is 35.0 Å². The Bertz CT molecular complexity index is 406. The van der Waals surface area contributed by atoms with E-state index >= 15 is 0 Å². The maximum absolute atomic E-state index is 13.4. The molecule has 1 aromatic rings. The maximum Gasteiger partial charge on any atom is 0.254 e. The summed E-state index contributed by atoms with van der Waals surface area (Å²) in [4.78, 5) is 22.0. The fraction of sp³-hybridized carbons (Fsp3) is 0.200. The van der Waals surface area contributed by atoms with Crippen LogP contribution in [0.2, 0.25) is 0 Å². The van der Waals surface area contributed by atoms with Gasteiger partial charge in [-0.2, -0.15) is 0 Å². The van der Waals surface area contributed by atoms with Crippen LogP contribution in [0, 0.1) is 5.82 Å². The van der Waals surface area contributed by atoms with Crippen molar-refractivity contribution in [2.45, 2.75) is 6.92 Å². The van der Waals surface area contributed by atoms with Crippen LogP contribution in [0.25, 0.3) is 0 Å². The van der Waals surface area contributed by atoms with E-state index in [1.54, 1.807) is 6.07 Å². The Kier molecular flexibility index (Phi) is 3.96. The molecule has 0 spiro atoms. The van der Waals surface area contributed by atoms with E-state index in [1.807, 2.05) is 0 Å². The second kappa shape index (κ2) is 5.02. The fourth-order valence-electron chi connectivity index (χ4n) is 0.979. The zero-order valence-electron chi connectivity index (χ0n) is 8.01. The van der Waals surface area contributed by atoms with Crippen molar-refractivity contribution >= 4 is 27.6 Å². The van der Waals surface area contributed by atoms with Crippen LogP contribution in [0.5, 0.6) is 0 Å². The number of rotatable bonds is 3. The molecule has 5 heteroatoms. The standard InChI is InChI=1S/C10H9BrFNO2/c1-6(14)5-13-10(15)7-3-2-4-8(11)9(7)12/h2-4H,5H2,1H3,(H,13,15). The minimum atomic E-state index is -0.626. The van der Waals surface area contributed by atoms with Gasteiger partial charge in [-0.25, -0.2) is 4.39 Å². The van der Waals surface area contributed by atoms with E-state index in [1.165, 1.54) is 19.1 Å². The Morgan fingerprint density at radius 1 is 1.47 bits per heavy atom. The highest BCUT2D eigenvalue weighted by Crippen LogP contribution is 2.18. The minimum Gasteiger partial charge on any atom is -0.345 e. The molecule has 0 radical (unpaired) electrons. The van der Waals surface area contributed by atoms with E-state index in [0.717, 1.165) is 0 Å². The molecule has 1 aromatic carbocycles. The number of halogens is 2. The van der Waals surface area contributed by atoms with Crippen LogP contribution >= 0.6 is 15.9 Å². The summed E-state index contributed by atoms with van der Waals surface area (Å²) in [6.45, 7) is 1.25. The number of carbonyl (C=O) groups is 2. The maximum atomic E-state index is 13.4. The first-order valence-electron chi connectivity index (χ1n) is 4.24. The van der Waals surface area contributed by atoms with Gasteiger partial charge in [0.05, 0.1) is 16.6 Å². The third kappa shape index (κ3) is 3.13. The molecular weight excluding hydrogens is 265 g/mol. The van der Waals surface area contributed by atoms with Gasteiger partial charge in [0.15, 0.2) is 0 Å². The largest absolute Gasteiger partial charge is 0.345 e. The van der Waals surface area contributed by atoms with Crippen molar-refractivity contribution in [2.75, 3.05) is 6.54 Å². The second-order valence-electron chi connectivity index (χ2n) is 2.99. The van der Waals surface area contributed by atoms with Crippen molar-refractivity contribution < 1.29 is 14.0 Å². The number of nitrogens with one attached hydrogen (secondary N) is 1. The second-order valence-corrected chi connectivity index (χ2v) is 3.84. The van der Waals surface area contributed by atoms with Gasteiger partial charge in [0.1, 0.15) is 11.6 Å². The highest BCUT2D eigenvalue weighted by Gasteiger charge is 2.13. The van der Waals surface area contributed by atoms with Crippen molar-refractivity contribution in [1.29, 1.82) is 0 Å². The predicted molar refractivity (Wildman–Crippen MR) is 57.1 cm³/mol. The molecule has 1 amide bonds. The van der Waals surface area contributed by atoms with Crippen LogP contribution in [0.15, 0.2) is 22.7 Å². The lowest BCUT2D eigenvalue weighted by molar-refractivity contribution is -0.116. The van der Waals surface area contributed by atoms with Crippen molar-refractivity contribution in [1.82, 2.24) is 5.32 Å². The molecular formula is C10H9BrFNO2. The smallest absolute Gasteiger partial charge is 0.254 e. The molecule has 15 heavy (non-hydrogen) atoms. The number of benzene rings is 1. The molecule has 0 aliphatic rings. The van der Waals surface area contributed by atoms with E-state index < -0.39 is 11.7 Å². The van der Waals surface area contributed by atoms with Crippen LogP contribution in [-0.4, -0.2) is 18.2 Å². The summed E-state index contributed by atoms with van der Waals surface area (Å²) in [5.74, 6) is -1.40. The minimum absolute atomic E-state index is 0.0781. The Morgan fingerprint density at radius 2 is 2.13 bits per heavy atom. The molecule has 80 valence electrons. The Balaban J connectivity index is 2.82. The highest BCUT2D eigenvalue weighted by molar-refractivity contribution is 9.10. The molecule has 0 aliphatic heterocycles. The van der Waals surface area contributed by atoms with Gasteiger partial charge >= 0.3 is 0 Å². The van der Waals surface area contributed by atoms with Gasteiger partial charge in [0.2, 0.25) is 0 Å². The zero-order chi connectivity index (χ0) is 11.4. The van der Waals surface area contributed by atoms with Crippen molar-refractivity contribution in [3.63, 3.8) is 0 Å². The predicted octanol–water partition coefficient (Wildman–Crippen LogP) is 1.91. The molecule has 0 saturated carbocycles. The van der Waals surface area contributed by atoms with Gasteiger partial charge in [-0.3, -0.25) is 9.59 Å². The van der Waals surface area contributed by atoms with Crippen LogP contribution in [0.1, 0.15) is 17.3 Å². The molecule has 3 nitrogen and oxygen atoms in total. The van der Waals surface area contributed by atoms with E-state index in [-0.39, 0.29) is 22.4 Å². The number of amides is 1. The number of hydrogen-bond acceptors (Lipinski definition) is 2. The van der Waals surface area contributed by atoms with Crippen molar-refractivity contribution in [3.8, 4) is 0 Å². The van der Waals surface area contributed by atoms with Gasteiger partial charge in [0.25, 0.3) is 5.91 Å². The monoisotopic (exact) mass is 273 g/mol. The van der Waals surface area contributed by atoms with E-state index in [2.05, 4.69) is 21.2 Å². The van der Waals surface area contributed by atoms with Crippen molar-refractivity contribution in [2.24, 2.45) is 0 Å². The Hall–Kier alpha value is -1.23. The third-order valence-electron chi connectivity index (χ3n) is 1.69. The summed E-state index contributed by atoms with van der Waals surface area (Å²) < 4.78 is 13.6. The van der Waals surface area contributed by atoms with Crippen molar-refractivity contribution in [3.05, 3.63) is 34.1 Å². The van der Waals surface area contributed by atoms with Gasteiger partial charge in [-0.1, -0.05) is 6.07 Å². The summed E-state index contributed by atoms with van der Waals surface area (Å²) in [6.07, 6.45) is 0. The molecule has 0 atom stereocenters. The number of carbonyl (C=O) groups excluding carboxylic acids is 2. The van der Waals surface area contributed by atoms with Gasteiger partial charge in [0, 0.05) is 0 Å². The van der Waals surface area contributed by atoms with E-state index in [9.17, 15) is 14.0 Å². The van der Waals surface area contributed by atoms with E-state index in [4.69, 9.17) is 0 Å². The quantitative estimate of drug-likeness (QED) is 0.915. The number of hydrogen-bond donors (Lipinski definition) is 1. The molecule has 0 unspecified atom stereocenters. The first-order chi connectivity index (χ1) is 7.02. The van der Waals surface area contributed by atoms with Gasteiger partial charge in [-0.15, -0.1) is 0 Å². The van der Waals surface area contributed by atoms with Crippen LogP contribution in [0.4, 0.5) is 4.39 Å². The number of ketones is 1. The molecule has 1 rings (SSSR count). The lowest BCUT2D eigenvalue weighted by Gasteiger charge is -2.04. The Morgan fingerprint density at radius 3 is 2.73 bits per heavy atom. The zero-order valence-corrected chi connectivity index (χ0v) is 9.60. The third-order valence-corrected chi connectivity index (χ3v) is 2.31. The fourth-order valence-corrected chi connectivity index (χ4v) is 1.35. The molecule has 1 N–H and O–H groups in total. The average Bonchev–Trinajstić information content (AvgIpc) is 2.18. The van der Waals surface area contributed by atoms with Crippen LogP contribution < -0.4 is 5.32 Å². The molecule has 0 bridgehead atoms. The topological polar surface area (TPSA) is 46.2 Å². The molecule has 0 fully saturated rings. The summed E-state index contributed by atoms with van der Waals surface area (Å²) in [6, 6.07) is 4.41. The Labute approximate surface area is 94.8 Å². The first-order valence-corrected chi connectivity index (χ1v) is 5.03. The van der Waals surface area contributed by atoms with Crippen LogP contribution in [-0.2, 0) is 4.79 Å². The van der Waals surface area contributed by atoms with Crippen LogP contribution in [0.3, 0.4) is 0 Å². The lowest BCUT2D eigenvalue weighted by Crippen LogP contribution is -2.29.